The molecule has 0 saturated heterocycles. The van der Waals surface area contributed by atoms with Crippen molar-refractivity contribution in [3.63, 3.8) is 0 Å². The van der Waals surface area contributed by atoms with Gasteiger partial charge in [0.05, 0.1) is 6.10 Å². The highest BCUT2D eigenvalue weighted by Gasteiger charge is 2.07. The Morgan fingerprint density at radius 2 is 2.20 bits per heavy atom. The lowest BCUT2D eigenvalue weighted by molar-refractivity contribution is 0.164. The molecule has 0 amide bonds. The lowest BCUT2D eigenvalue weighted by Gasteiger charge is -2.16. The maximum Gasteiger partial charge on any atom is 0.0662 e. The molecule has 2 atom stereocenters. The van der Waals surface area contributed by atoms with Crippen LogP contribution in [0.1, 0.15) is 31.9 Å². The number of halogens is 1. The van der Waals surface area contributed by atoms with Gasteiger partial charge >= 0.3 is 0 Å². The zero-order chi connectivity index (χ0) is 11.3. The minimum absolute atomic E-state index is 0.250. The molecule has 0 fully saturated rings. The molecule has 0 bridgehead atoms. The van der Waals surface area contributed by atoms with Gasteiger partial charge in [-0.15, -0.1) is 0 Å². The first-order chi connectivity index (χ1) is 7.13. The van der Waals surface area contributed by atoms with Crippen LogP contribution >= 0.6 is 15.9 Å². The largest absolute Gasteiger partial charge is 0.392 e. The molecular formula is C12H18BrNO. The lowest BCUT2D eigenvalue weighted by Crippen LogP contribution is -2.28. The Bertz CT molecular complexity index is 303. The van der Waals surface area contributed by atoms with Crippen LogP contribution < -0.4 is 5.32 Å². The molecule has 0 radical (unpaired) electrons. The van der Waals surface area contributed by atoms with Crippen molar-refractivity contribution in [2.24, 2.45) is 0 Å². The molecule has 2 N–H and O–H groups in total. The minimum Gasteiger partial charge on any atom is -0.392 e. The molecule has 1 rings (SSSR count). The Hall–Kier alpha value is -0.380. The summed E-state index contributed by atoms with van der Waals surface area (Å²) in [5.41, 5.74) is 1.23. The van der Waals surface area contributed by atoms with Gasteiger partial charge in [0.1, 0.15) is 0 Å². The fraction of sp³-hybridized carbons (Fsp3) is 0.500. The van der Waals surface area contributed by atoms with Crippen molar-refractivity contribution in [1.82, 2.24) is 5.32 Å². The molecule has 15 heavy (non-hydrogen) atoms. The first kappa shape index (κ1) is 12.7. The molecule has 2 nitrogen and oxygen atoms in total. The van der Waals surface area contributed by atoms with Crippen LogP contribution in [0.2, 0.25) is 0 Å². The molecule has 0 aliphatic rings. The van der Waals surface area contributed by atoms with E-state index in [1.807, 2.05) is 19.1 Å². The third kappa shape index (κ3) is 4.33. The maximum absolute atomic E-state index is 9.44. The first-order valence-electron chi connectivity index (χ1n) is 5.30. The zero-order valence-corrected chi connectivity index (χ0v) is 10.8. The number of hydrogen-bond acceptors (Lipinski definition) is 2. The highest BCUT2D eigenvalue weighted by molar-refractivity contribution is 9.10. The molecule has 0 aliphatic carbocycles. The second-order valence-electron chi connectivity index (χ2n) is 3.75. The highest BCUT2D eigenvalue weighted by atomic mass is 79.9. The summed E-state index contributed by atoms with van der Waals surface area (Å²) in [5.74, 6) is 0. The molecule has 1 aromatic rings. The summed E-state index contributed by atoms with van der Waals surface area (Å²) in [7, 11) is 0. The third-order valence-electron chi connectivity index (χ3n) is 2.48. The summed E-state index contributed by atoms with van der Waals surface area (Å²) in [5, 5.41) is 12.7. The molecule has 0 heterocycles. The van der Waals surface area contributed by atoms with Gasteiger partial charge in [-0.1, -0.05) is 35.0 Å². The average Bonchev–Trinajstić information content (AvgIpc) is 2.25. The monoisotopic (exact) mass is 271 g/mol. The topological polar surface area (TPSA) is 32.3 Å². The van der Waals surface area contributed by atoms with Crippen molar-refractivity contribution >= 4 is 15.9 Å². The predicted octanol–water partition coefficient (Wildman–Crippen LogP) is 2.87. The van der Waals surface area contributed by atoms with Crippen molar-refractivity contribution in [2.45, 2.75) is 32.4 Å². The van der Waals surface area contributed by atoms with Gasteiger partial charge in [0, 0.05) is 17.1 Å². The minimum atomic E-state index is -0.250. The van der Waals surface area contributed by atoms with Crippen LogP contribution in [-0.2, 0) is 0 Å². The van der Waals surface area contributed by atoms with E-state index >= 15 is 0 Å². The van der Waals surface area contributed by atoms with E-state index in [1.165, 1.54) is 5.56 Å². The Morgan fingerprint density at radius 1 is 1.47 bits per heavy atom. The fourth-order valence-corrected chi connectivity index (χ4v) is 1.77. The van der Waals surface area contributed by atoms with Crippen molar-refractivity contribution in [2.75, 3.05) is 6.54 Å². The van der Waals surface area contributed by atoms with Gasteiger partial charge in [0.25, 0.3) is 0 Å². The first-order valence-corrected chi connectivity index (χ1v) is 6.09. The Balaban J connectivity index is 2.50. The van der Waals surface area contributed by atoms with E-state index < -0.39 is 0 Å². The van der Waals surface area contributed by atoms with Crippen molar-refractivity contribution < 1.29 is 5.11 Å². The number of hydrogen-bond donors (Lipinski definition) is 2. The van der Waals surface area contributed by atoms with Gasteiger partial charge < -0.3 is 10.4 Å². The smallest absolute Gasteiger partial charge is 0.0662 e. The van der Waals surface area contributed by atoms with Crippen LogP contribution in [0.15, 0.2) is 28.7 Å². The standard InChI is InChI=1S/C12H18BrNO/c1-3-12(15)8-14-9(2)10-5-4-6-11(13)7-10/h4-7,9,12,14-15H,3,8H2,1-2H3/t9-,12?/m1/s1. The van der Waals surface area contributed by atoms with E-state index in [1.54, 1.807) is 0 Å². The highest BCUT2D eigenvalue weighted by Crippen LogP contribution is 2.17. The summed E-state index contributed by atoms with van der Waals surface area (Å²) >= 11 is 3.45. The molecule has 84 valence electrons. The number of rotatable bonds is 5. The quantitative estimate of drug-likeness (QED) is 0.863. The SMILES string of the molecule is CCC(O)CN[C@H](C)c1cccc(Br)c1. The van der Waals surface area contributed by atoms with Gasteiger partial charge in [0.15, 0.2) is 0 Å². The molecule has 0 spiro atoms. The van der Waals surface area contributed by atoms with Gasteiger partial charge in [0.2, 0.25) is 0 Å². The van der Waals surface area contributed by atoms with E-state index in [4.69, 9.17) is 0 Å². The van der Waals surface area contributed by atoms with Gasteiger partial charge in [-0.2, -0.15) is 0 Å². The van der Waals surface area contributed by atoms with Crippen LogP contribution in [0.4, 0.5) is 0 Å². The van der Waals surface area contributed by atoms with E-state index in [9.17, 15) is 5.11 Å². The van der Waals surface area contributed by atoms with Crippen LogP contribution in [0.3, 0.4) is 0 Å². The molecule has 0 aliphatic heterocycles. The van der Waals surface area contributed by atoms with E-state index in [0.717, 1.165) is 10.9 Å². The van der Waals surface area contributed by atoms with Crippen LogP contribution in [-0.4, -0.2) is 17.8 Å². The lowest BCUT2D eigenvalue weighted by atomic mass is 10.1. The number of aliphatic hydroxyl groups is 1. The summed E-state index contributed by atoms with van der Waals surface area (Å²) in [6, 6.07) is 8.48. The average molecular weight is 272 g/mol. The normalized spacial score (nSPS) is 14.9. The second-order valence-corrected chi connectivity index (χ2v) is 4.66. The summed E-state index contributed by atoms with van der Waals surface area (Å²) in [6.45, 7) is 4.73. The molecule has 0 saturated carbocycles. The van der Waals surface area contributed by atoms with Crippen LogP contribution in [0.25, 0.3) is 0 Å². The molecule has 3 heteroatoms. The van der Waals surface area contributed by atoms with Crippen molar-refractivity contribution in [3.05, 3.63) is 34.3 Å². The fourth-order valence-electron chi connectivity index (χ4n) is 1.35. The molecule has 1 unspecified atom stereocenters. The van der Waals surface area contributed by atoms with Crippen LogP contribution in [0.5, 0.6) is 0 Å². The van der Waals surface area contributed by atoms with Crippen molar-refractivity contribution in [3.8, 4) is 0 Å². The number of aliphatic hydroxyl groups excluding tert-OH is 1. The predicted molar refractivity (Wildman–Crippen MR) is 66.9 cm³/mol. The zero-order valence-electron chi connectivity index (χ0n) is 9.20. The molecule has 0 aromatic heterocycles. The summed E-state index contributed by atoms with van der Waals surface area (Å²) < 4.78 is 1.09. The van der Waals surface area contributed by atoms with E-state index in [-0.39, 0.29) is 12.1 Å². The maximum atomic E-state index is 9.44. The van der Waals surface area contributed by atoms with Gasteiger partial charge in [-0.25, -0.2) is 0 Å². The summed E-state index contributed by atoms with van der Waals surface area (Å²) in [6.07, 6.45) is 0.540. The Kier molecular flexibility index (Phi) is 5.29. The van der Waals surface area contributed by atoms with Gasteiger partial charge in [-0.3, -0.25) is 0 Å². The number of nitrogens with one attached hydrogen (secondary N) is 1. The Morgan fingerprint density at radius 3 is 2.80 bits per heavy atom. The van der Waals surface area contributed by atoms with Gasteiger partial charge in [-0.05, 0) is 31.0 Å². The van der Waals surface area contributed by atoms with Crippen molar-refractivity contribution in [1.29, 1.82) is 0 Å². The van der Waals surface area contributed by atoms with E-state index in [2.05, 4.69) is 40.3 Å². The molecule has 1 aromatic carbocycles. The second kappa shape index (κ2) is 6.26. The Labute approximate surface area is 99.8 Å². The summed E-state index contributed by atoms with van der Waals surface area (Å²) in [4.78, 5) is 0. The number of benzene rings is 1. The third-order valence-corrected chi connectivity index (χ3v) is 2.97. The van der Waals surface area contributed by atoms with Crippen LogP contribution in [0, 0.1) is 0 Å². The van der Waals surface area contributed by atoms with E-state index in [0.29, 0.717) is 6.54 Å². The molecular weight excluding hydrogens is 254 g/mol.